The van der Waals surface area contributed by atoms with Crippen LogP contribution in [0, 0.1) is 6.92 Å². The first-order chi connectivity index (χ1) is 17.4. The van der Waals surface area contributed by atoms with Crippen LogP contribution >= 0.6 is 0 Å². The van der Waals surface area contributed by atoms with Gasteiger partial charge in [0.25, 0.3) is 0 Å². The minimum Gasteiger partial charge on any atom is -0.489 e. The number of aromatic nitrogens is 1. The first-order valence-corrected chi connectivity index (χ1v) is 11.9. The zero-order valence-electron chi connectivity index (χ0n) is 20.1. The standard InChI is InChI=1S/C26H29N5O5/c1-18-14-19(22-4-2-3-5-23(22)28-18)15-35-20-6-8-21(9-7-20)36-29-26(24(27)32)16-31(17-26)25(33)30-10-12-34-13-11-30/h2-9,14,29H,10-13,15-17H2,1H3,(H2,27,32). The molecule has 188 valence electrons. The van der Waals surface area contributed by atoms with Crippen molar-refractivity contribution in [1.82, 2.24) is 20.3 Å². The van der Waals surface area contributed by atoms with Gasteiger partial charge in [-0.25, -0.2) is 4.79 Å². The molecule has 3 aromatic rings. The topological polar surface area (TPSA) is 119 Å². The van der Waals surface area contributed by atoms with Gasteiger partial charge in [-0.15, -0.1) is 5.48 Å². The van der Waals surface area contributed by atoms with Crippen LogP contribution in [0.25, 0.3) is 10.9 Å². The molecule has 0 atom stereocenters. The zero-order chi connectivity index (χ0) is 25.1. The molecular formula is C26H29N5O5. The van der Waals surface area contributed by atoms with Crippen molar-refractivity contribution in [1.29, 1.82) is 0 Å². The molecule has 0 radical (unpaired) electrons. The molecule has 2 saturated heterocycles. The van der Waals surface area contributed by atoms with Crippen molar-refractivity contribution in [3.05, 3.63) is 65.9 Å². The van der Waals surface area contributed by atoms with Crippen LogP contribution < -0.4 is 20.8 Å². The van der Waals surface area contributed by atoms with Crippen molar-refractivity contribution in [3.63, 3.8) is 0 Å². The van der Waals surface area contributed by atoms with E-state index < -0.39 is 11.4 Å². The second-order valence-corrected chi connectivity index (χ2v) is 9.09. The Morgan fingerprint density at radius 1 is 1.06 bits per heavy atom. The Morgan fingerprint density at radius 3 is 2.47 bits per heavy atom. The molecule has 3 amide bonds. The summed E-state index contributed by atoms with van der Waals surface area (Å²) in [6.07, 6.45) is 0. The van der Waals surface area contributed by atoms with Crippen LogP contribution in [-0.2, 0) is 16.1 Å². The van der Waals surface area contributed by atoms with Gasteiger partial charge >= 0.3 is 6.03 Å². The van der Waals surface area contributed by atoms with Gasteiger partial charge in [-0.1, -0.05) is 18.2 Å². The molecule has 2 aromatic carbocycles. The molecule has 36 heavy (non-hydrogen) atoms. The molecule has 0 aliphatic carbocycles. The number of fused-ring (bicyclic) bond motifs is 1. The van der Waals surface area contributed by atoms with E-state index in [0.29, 0.717) is 44.4 Å². The Kier molecular flexibility index (Phi) is 6.62. The van der Waals surface area contributed by atoms with Crippen molar-refractivity contribution in [2.45, 2.75) is 19.1 Å². The van der Waals surface area contributed by atoms with E-state index in [4.69, 9.17) is 20.0 Å². The number of morpholine rings is 1. The first kappa shape index (κ1) is 23.8. The van der Waals surface area contributed by atoms with E-state index >= 15 is 0 Å². The summed E-state index contributed by atoms with van der Waals surface area (Å²) in [6.45, 7) is 4.75. The number of amides is 3. The van der Waals surface area contributed by atoms with Crippen LogP contribution in [0.5, 0.6) is 11.5 Å². The lowest BCUT2D eigenvalue weighted by Crippen LogP contribution is -2.77. The summed E-state index contributed by atoms with van der Waals surface area (Å²) in [6, 6.07) is 16.9. The highest BCUT2D eigenvalue weighted by Crippen LogP contribution is 2.25. The highest BCUT2D eigenvalue weighted by Gasteiger charge is 2.52. The molecule has 0 bridgehead atoms. The van der Waals surface area contributed by atoms with Crippen LogP contribution in [0.1, 0.15) is 11.3 Å². The quantitative estimate of drug-likeness (QED) is 0.485. The lowest BCUT2D eigenvalue weighted by molar-refractivity contribution is -0.136. The van der Waals surface area contributed by atoms with Crippen molar-refractivity contribution in [2.24, 2.45) is 5.73 Å². The minimum atomic E-state index is -1.14. The number of hydrogen-bond donors (Lipinski definition) is 2. The molecule has 2 fully saturated rings. The average Bonchev–Trinajstić information content (AvgIpc) is 2.87. The Hall–Kier alpha value is -3.89. The Labute approximate surface area is 208 Å². The lowest BCUT2D eigenvalue weighted by Gasteiger charge is -2.48. The maximum Gasteiger partial charge on any atom is 0.320 e. The summed E-state index contributed by atoms with van der Waals surface area (Å²) in [7, 11) is 0. The molecule has 10 heteroatoms. The SMILES string of the molecule is Cc1cc(COc2ccc(ONC3(C(N)=O)CN(C(=O)N4CCOCC4)C3)cc2)c2ccccc2n1. The number of benzene rings is 2. The number of nitrogens with two attached hydrogens (primary N) is 1. The average molecular weight is 492 g/mol. The monoisotopic (exact) mass is 491 g/mol. The summed E-state index contributed by atoms with van der Waals surface area (Å²) < 4.78 is 11.3. The Balaban J connectivity index is 1.16. The molecule has 1 aromatic heterocycles. The molecule has 3 heterocycles. The highest BCUT2D eigenvalue weighted by atomic mass is 16.7. The minimum absolute atomic E-state index is 0.129. The fourth-order valence-electron chi connectivity index (χ4n) is 4.40. The molecular weight excluding hydrogens is 462 g/mol. The van der Waals surface area contributed by atoms with E-state index in [2.05, 4.69) is 10.5 Å². The smallest absolute Gasteiger partial charge is 0.320 e. The van der Waals surface area contributed by atoms with Gasteiger partial charge in [0.1, 0.15) is 18.1 Å². The first-order valence-electron chi connectivity index (χ1n) is 11.9. The summed E-state index contributed by atoms with van der Waals surface area (Å²) >= 11 is 0. The van der Waals surface area contributed by atoms with Crippen LogP contribution in [0.3, 0.4) is 0 Å². The number of pyridine rings is 1. The second-order valence-electron chi connectivity index (χ2n) is 9.09. The van der Waals surface area contributed by atoms with E-state index in [-0.39, 0.29) is 19.1 Å². The number of hydrogen-bond acceptors (Lipinski definition) is 7. The van der Waals surface area contributed by atoms with Crippen LogP contribution in [0.2, 0.25) is 0 Å². The normalized spacial score (nSPS) is 16.9. The molecule has 3 N–H and O–H groups in total. The number of hydroxylamine groups is 1. The molecule has 0 saturated carbocycles. The second kappa shape index (κ2) is 10.00. The highest BCUT2D eigenvalue weighted by molar-refractivity contribution is 5.89. The third-order valence-electron chi connectivity index (χ3n) is 6.46. The van der Waals surface area contributed by atoms with Crippen molar-refractivity contribution in [3.8, 4) is 11.5 Å². The predicted molar refractivity (Wildman–Crippen MR) is 132 cm³/mol. The fraction of sp³-hybridized carbons (Fsp3) is 0.346. The van der Waals surface area contributed by atoms with Gasteiger partial charge in [-0.05, 0) is 43.3 Å². The van der Waals surface area contributed by atoms with Gasteiger partial charge in [0.2, 0.25) is 5.91 Å². The number of urea groups is 1. The van der Waals surface area contributed by atoms with Crippen molar-refractivity contribution in [2.75, 3.05) is 39.4 Å². The zero-order valence-corrected chi connectivity index (χ0v) is 20.1. The van der Waals surface area contributed by atoms with Gasteiger partial charge in [-0.3, -0.25) is 9.78 Å². The van der Waals surface area contributed by atoms with E-state index in [1.165, 1.54) is 0 Å². The molecule has 2 aliphatic heterocycles. The number of ether oxygens (including phenoxy) is 2. The summed E-state index contributed by atoms with van der Waals surface area (Å²) in [5.74, 6) is 0.593. The van der Waals surface area contributed by atoms with Crippen molar-refractivity contribution >= 4 is 22.8 Å². The van der Waals surface area contributed by atoms with Crippen LogP contribution in [-0.4, -0.2) is 71.7 Å². The van der Waals surface area contributed by atoms with Gasteiger partial charge in [0.05, 0.1) is 31.8 Å². The fourth-order valence-corrected chi connectivity index (χ4v) is 4.40. The third-order valence-corrected chi connectivity index (χ3v) is 6.46. The number of nitrogens with zero attached hydrogens (tertiary/aromatic N) is 3. The van der Waals surface area contributed by atoms with Crippen LogP contribution in [0.4, 0.5) is 4.79 Å². The molecule has 10 nitrogen and oxygen atoms in total. The molecule has 0 unspecified atom stereocenters. The number of rotatable bonds is 7. The Morgan fingerprint density at radius 2 is 1.75 bits per heavy atom. The number of primary amides is 1. The van der Waals surface area contributed by atoms with E-state index in [1.807, 2.05) is 37.3 Å². The number of aryl methyl sites for hydroxylation is 1. The van der Waals surface area contributed by atoms with E-state index in [1.54, 1.807) is 34.1 Å². The van der Waals surface area contributed by atoms with E-state index in [9.17, 15) is 9.59 Å². The van der Waals surface area contributed by atoms with Crippen LogP contribution in [0.15, 0.2) is 54.6 Å². The molecule has 2 aliphatic rings. The van der Waals surface area contributed by atoms with Gasteiger partial charge < -0.3 is 29.8 Å². The number of likely N-dealkylation sites (tertiary alicyclic amines) is 1. The van der Waals surface area contributed by atoms with Gasteiger partial charge in [0, 0.05) is 29.7 Å². The van der Waals surface area contributed by atoms with Crippen molar-refractivity contribution < 1.29 is 23.9 Å². The summed E-state index contributed by atoms with van der Waals surface area (Å²) in [5.41, 5.74) is 10.2. The lowest BCUT2D eigenvalue weighted by atomic mass is 9.90. The van der Waals surface area contributed by atoms with E-state index in [0.717, 1.165) is 22.2 Å². The number of carbonyl (C=O) groups excluding carboxylic acids is 2. The Bertz CT molecular complexity index is 1250. The molecule has 0 spiro atoms. The number of nitrogens with one attached hydrogen (secondary N) is 1. The maximum absolute atomic E-state index is 12.6. The predicted octanol–water partition coefficient (Wildman–Crippen LogP) is 2.00. The van der Waals surface area contributed by atoms with Gasteiger partial charge in [-0.2, -0.15) is 0 Å². The summed E-state index contributed by atoms with van der Waals surface area (Å²) in [5, 5.41) is 1.06. The maximum atomic E-state index is 12.6. The summed E-state index contributed by atoms with van der Waals surface area (Å²) in [4.78, 5) is 38.3. The largest absolute Gasteiger partial charge is 0.489 e. The number of carbonyl (C=O) groups is 2. The van der Waals surface area contributed by atoms with Gasteiger partial charge in [0.15, 0.2) is 5.54 Å². The molecule has 5 rings (SSSR count). The third kappa shape index (κ3) is 4.91. The number of para-hydroxylation sites is 1.